The van der Waals surface area contributed by atoms with E-state index in [4.69, 9.17) is 10.3 Å². The molecule has 1 unspecified atom stereocenters. The normalized spacial score (nSPS) is 11.9. The van der Waals surface area contributed by atoms with E-state index in [2.05, 4.69) is 20.8 Å². The third-order valence-corrected chi connectivity index (χ3v) is 2.64. The Hall–Kier alpha value is -2.41. The number of nitrogens with zero attached hydrogens (tertiary/aromatic N) is 2. The van der Waals surface area contributed by atoms with Crippen LogP contribution in [-0.2, 0) is 6.54 Å². The Balaban J connectivity index is 1.89. The van der Waals surface area contributed by atoms with Crippen molar-refractivity contribution in [3.8, 4) is 0 Å². The zero-order chi connectivity index (χ0) is 14.5. The second-order valence-electron chi connectivity index (χ2n) is 4.46. The fraction of sp³-hybridized carbons (Fsp3) is 0.308. The summed E-state index contributed by atoms with van der Waals surface area (Å²) in [5, 5.41) is 8.99. The van der Waals surface area contributed by atoms with Crippen LogP contribution in [-0.4, -0.2) is 16.2 Å². The van der Waals surface area contributed by atoms with Crippen LogP contribution in [0.4, 0.5) is 10.5 Å². The van der Waals surface area contributed by atoms with Gasteiger partial charge in [0, 0.05) is 11.7 Å². The minimum atomic E-state index is -0.345. The summed E-state index contributed by atoms with van der Waals surface area (Å²) in [6.45, 7) is 3.78. The molecular formula is C13H17N5O2. The van der Waals surface area contributed by atoms with Gasteiger partial charge < -0.3 is 20.9 Å². The first-order valence-corrected chi connectivity index (χ1v) is 6.24. The summed E-state index contributed by atoms with van der Waals surface area (Å²) in [6.07, 6.45) is 0. The molecule has 20 heavy (non-hydrogen) atoms. The average molecular weight is 275 g/mol. The fourth-order valence-corrected chi connectivity index (χ4v) is 1.64. The molecule has 1 atom stereocenters. The predicted molar refractivity (Wildman–Crippen MR) is 73.9 cm³/mol. The second kappa shape index (κ2) is 6.16. The molecule has 2 rings (SSSR count). The summed E-state index contributed by atoms with van der Waals surface area (Å²) in [5.74, 6) is 0.897. The van der Waals surface area contributed by atoms with Crippen LogP contribution in [0.15, 0.2) is 28.8 Å². The molecule has 1 aromatic heterocycles. The molecule has 1 aromatic carbocycles. The lowest BCUT2D eigenvalue weighted by Gasteiger charge is -2.09. The standard InChI is InChI=1S/C13H17N5O2/c1-8(14)10-4-3-5-11(6-10)17-13(19)15-7-12-16-9(2)18-20-12/h3-6,8H,7,14H2,1-2H3,(H2,15,17,19). The van der Waals surface area contributed by atoms with Crippen molar-refractivity contribution in [2.75, 3.05) is 5.32 Å². The average Bonchev–Trinajstić information content (AvgIpc) is 2.82. The number of benzene rings is 1. The van der Waals surface area contributed by atoms with Gasteiger partial charge in [0.05, 0.1) is 6.54 Å². The summed E-state index contributed by atoms with van der Waals surface area (Å²) in [7, 11) is 0. The molecule has 1 heterocycles. The Morgan fingerprint density at radius 3 is 2.95 bits per heavy atom. The number of hydrogen-bond acceptors (Lipinski definition) is 5. The quantitative estimate of drug-likeness (QED) is 0.787. The van der Waals surface area contributed by atoms with E-state index in [1.165, 1.54) is 0 Å². The molecule has 0 radical (unpaired) electrons. The molecule has 0 spiro atoms. The number of nitrogens with one attached hydrogen (secondary N) is 2. The monoisotopic (exact) mass is 275 g/mol. The zero-order valence-corrected chi connectivity index (χ0v) is 11.4. The van der Waals surface area contributed by atoms with Crippen molar-refractivity contribution in [2.45, 2.75) is 26.4 Å². The van der Waals surface area contributed by atoms with Crippen molar-refractivity contribution in [1.29, 1.82) is 0 Å². The van der Waals surface area contributed by atoms with E-state index in [0.29, 0.717) is 17.4 Å². The van der Waals surface area contributed by atoms with Crippen LogP contribution in [0.1, 0.15) is 30.2 Å². The number of nitrogens with two attached hydrogens (primary N) is 1. The summed E-state index contributed by atoms with van der Waals surface area (Å²) < 4.78 is 4.90. The number of anilines is 1. The van der Waals surface area contributed by atoms with Crippen molar-refractivity contribution in [3.05, 3.63) is 41.5 Å². The maximum Gasteiger partial charge on any atom is 0.319 e. The van der Waals surface area contributed by atoms with Gasteiger partial charge in [-0.05, 0) is 31.5 Å². The summed E-state index contributed by atoms with van der Waals surface area (Å²) in [5.41, 5.74) is 7.43. The minimum absolute atomic E-state index is 0.0822. The van der Waals surface area contributed by atoms with Crippen LogP contribution in [0.3, 0.4) is 0 Å². The van der Waals surface area contributed by atoms with Crippen molar-refractivity contribution >= 4 is 11.7 Å². The van der Waals surface area contributed by atoms with Crippen LogP contribution in [0.5, 0.6) is 0 Å². The molecule has 106 valence electrons. The van der Waals surface area contributed by atoms with E-state index in [-0.39, 0.29) is 18.6 Å². The van der Waals surface area contributed by atoms with Crippen LogP contribution >= 0.6 is 0 Å². The molecule has 0 aliphatic carbocycles. The van der Waals surface area contributed by atoms with Crippen molar-refractivity contribution in [1.82, 2.24) is 15.5 Å². The molecule has 0 aliphatic heterocycles. The Labute approximate surface area is 116 Å². The van der Waals surface area contributed by atoms with Crippen LogP contribution in [0, 0.1) is 6.92 Å². The Morgan fingerprint density at radius 1 is 1.50 bits per heavy atom. The highest BCUT2D eigenvalue weighted by Gasteiger charge is 2.07. The van der Waals surface area contributed by atoms with Gasteiger partial charge in [0.25, 0.3) is 0 Å². The molecule has 7 heteroatoms. The van der Waals surface area contributed by atoms with Crippen LogP contribution in [0.25, 0.3) is 0 Å². The highest BCUT2D eigenvalue weighted by Crippen LogP contribution is 2.15. The van der Waals surface area contributed by atoms with Gasteiger partial charge in [-0.1, -0.05) is 17.3 Å². The Bertz CT molecular complexity index is 594. The Kier molecular flexibility index (Phi) is 4.31. The summed E-state index contributed by atoms with van der Waals surface area (Å²) in [4.78, 5) is 15.7. The molecule has 4 N–H and O–H groups in total. The maximum atomic E-state index is 11.7. The SMILES string of the molecule is Cc1noc(CNC(=O)Nc2cccc(C(C)N)c2)n1. The highest BCUT2D eigenvalue weighted by molar-refractivity contribution is 5.89. The lowest BCUT2D eigenvalue weighted by atomic mass is 10.1. The first kappa shape index (κ1) is 14.0. The second-order valence-corrected chi connectivity index (χ2v) is 4.46. The topological polar surface area (TPSA) is 106 Å². The number of rotatable bonds is 4. The highest BCUT2D eigenvalue weighted by atomic mass is 16.5. The van der Waals surface area contributed by atoms with Gasteiger partial charge in [0.1, 0.15) is 0 Å². The number of amides is 2. The molecule has 0 fully saturated rings. The number of carbonyl (C=O) groups is 1. The Morgan fingerprint density at radius 2 is 2.30 bits per heavy atom. The molecule has 7 nitrogen and oxygen atoms in total. The van der Waals surface area contributed by atoms with Gasteiger partial charge in [0.15, 0.2) is 5.82 Å². The first-order valence-electron chi connectivity index (χ1n) is 6.24. The number of urea groups is 1. The number of hydrogen-bond donors (Lipinski definition) is 3. The lowest BCUT2D eigenvalue weighted by molar-refractivity contribution is 0.249. The van der Waals surface area contributed by atoms with E-state index in [9.17, 15) is 4.79 Å². The molecule has 0 bridgehead atoms. The van der Waals surface area contributed by atoms with E-state index < -0.39 is 0 Å². The number of carbonyl (C=O) groups excluding carboxylic acids is 1. The van der Waals surface area contributed by atoms with E-state index in [0.717, 1.165) is 5.56 Å². The fourth-order valence-electron chi connectivity index (χ4n) is 1.64. The molecular weight excluding hydrogens is 258 g/mol. The van der Waals surface area contributed by atoms with Crippen LogP contribution < -0.4 is 16.4 Å². The summed E-state index contributed by atoms with van der Waals surface area (Å²) >= 11 is 0. The number of aryl methyl sites for hydroxylation is 1. The van der Waals surface area contributed by atoms with Gasteiger partial charge in [-0.25, -0.2) is 4.79 Å². The van der Waals surface area contributed by atoms with Gasteiger partial charge in [-0.15, -0.1) is 0 Å². The molecule has 2 aromatic rings. The van der Waals surface area contributed by atoms with Crippen LogP contribution in [0.2, 0.25) is 0 Å². The molecule has 0 saturated heterocycles. The molecule has 2 amide bonds. The van der Waals surface area contributed by atoms with Gasteiger partial charge in [-0.2, -0.15) is 4.98 Å². The van der Waals surface area contributed by atoms with Crippen molar-refractivity contribution in [3.63, 3.8) is 0 Å². The molecule has 0 aliphatic rings. The first-order chi connectivity index (χ1) is 9.54. The lowest BCUT2D eigenvalue weighted by Crippen LogP contribution is -2.28. The van der Waals surface area contributed by atoms with Gasteiger partial charge in [0.2, 0.25) is 5.89 Å². The van der Waals surface area contributed by atoms with E-state index in [1.807, 2.05) is 25.1 Å². The smallest absolute Gasteiger partial charge is 0.319 e. The zero-order valence-electron chi connectivity index (χ0n) is 11.4. The summed E-state index contributed by atoms with van der Waals surface area (Å²) in [6, 6.07) is 6.96. The van der Waals surface area contributed by atoms with Gasteiger partial charge >= 0.3 is 6.03 Å². The van der Waals surface area contributed by atoms with E-state index in [1.54, 1.807) is 13.0 Å². The number of aromatic nitrogens is 2. The predicted octanol–water partition coefficient (Wildman–Crippen LogP) is 1.72. The minimum Gasteiger partial charge on any atom is -0.337 e. The van der Waals surface area contributed by atoms with Gasteiger partial charge in [-0.3, -0.25) is 0 Å². The largest absolute Gasteiger partial charge is 0.337 e. The third kappa shape index (κ3) is 3.79. The maximum absolute atomic E-state index is 11.7. The van der Waals surface area contributed by atoms with E-state index >= 15 is 0 Å². The molecule has 0 saturated carbocycles. The van der Waals surface area contributed by atoms with Crippen molar-refractivity contribution < 1.29 is 9.32 Å². The third-order valence-electron chi connectivity index (χ3n) is 2.64. The van der Waals surface area contributed by atoms with Crippen molar-refractivity contribution in [2.24, 2.45) is 5.73 Å².